The minimum Gasteiger partial charge on any atom is -0.496 e. The van der Waals surface area contributed by atoms with Gasteiger partial charge in [0.25, 0.3) is 0 Å². The smallest absolute Gasteiger partial charge is 0.321 e. The van der Waals surface area contributed by atoms with E-state index in [2.05, 4.69) is 17.4 Å². The van der Waals surface area contributed by atoms with Crippen LogP contribution in [0, 0.1) is 0 Å². The number of anilines is 1. The molecule has 0 saturated carbocycles. The number of urea groups is 1. The summed E-state index contributed by atoms with van der Waals surface area (Å²) < 4.78 is 5.42. The number of aliphatic hydroxyl groups excluding tert-OH is 1. The predicted molar refractivity (Wildman–Crippen MR) is 95.6 cm³/mol. The van der Waals surface area contributed by atoms with E-state index in [0.29, 0.717) is 5.69 Å². The van der Waals surface area contributed by atoms with Crippen molar-refractivity contribution in [3.63, 3.8) is 0 Å². The fourth-order valence-electron chi connectivity index (χ4n) is 2.34. The summed E-state index contributed by atoms with van der Waals surface area (Å²) in [7, 11) is 3.30. The van der Waals surface area contributed by atoms with Crippen LogP contribution >= 0.6 is 0 Å². The van der Waals surface area contributed by atoms with Crippen molar-refractivity contribution in [2.45, 2.75) is 19.4 Å². The second-order valence-corrected chi connectivity index (χ2v) is 5.76. The van der Waals surface area contributed by atoms with E-state index < -0.39 is 0 Å². The van der Waals surface area contributed by atoms with E-state index in [-0.39, 0.29) is 18.7 Å². The van der Waals surface area contributed by atoms with Gasteiger partial charge in [0.05, 0.1) is 19.8 Å². The van der Waals surface area contributed by atoms with Gasteiger partial charge in [-0.15, -0.1) is 0 Å². The van der Waals surface area contributed by atoms with E-state index in [1.807, 2.05) is 36.4 Å². The number of methoxy groups -OCH3 is 1. The number of aliphatic hydroxyl groups is 1. The van der Waals surface area contributed by atoms with Crippen LogP contribution in [0.5, 0.6) is 5.75 Å². The third-order valence-corrected chi connectivity index (χ3v) is 4.01. The van der Waals surface area contributed by atoms with Crippen molar-refractivity contribution in [3.05, 3.63) is 59.7 Å². The Hall–Kier alpha value is -2.53. The van der Waals surface area contributed by atoms with Crippen LogP contribution in [0.3, 0.4) is 0 Å². The maximum atomic E-state index is 12.2. The molecule has 5 nitrogen and oxygen atoms in total. The summed E-state index contributed by atoms with van der Waals surface area (Å²) >= 11 is 0. The molecule has 0 fully saturated rings. The lowest BCUT2D eigenvalue weighted by Crippen LogP contribution is -2.40. The third-order valence-electron chi connectivity index (χ3n) is 4.01. The normalized spacial score (nSPS) is 11.7. The molecule has 2 rings (SSSR count). The molecule has 0 aromatic heterocycles. The molecule has 2 aromatic rings. The van der Waals surface area contributed by atoms with Crippen molar-refractivity contribution >= 4 is 11.7 Å². The highest BCUT2D eigenvalue weighted by Crippen LogP contribution is 2.25. The second-order valence-electron chi connectivity index (χ2n) is 5.76. The monoisotopic (exact) mass is 328 g/mol. The average Bonchev–Trinajstić information content (AvgIpc) is 2.61. The van der Waals surface area contributed by atoms with Crippen molar-refractivity contribution in [1.29, 1.82) is 0 Å². The van der Waals surface area contributed by atoms with E-state index in [1.54, 1.807) is 21.1 Å². The van der Waals surface area contributed by atoms with Gasteiger partial charge in [0.2, 0.25) is 0 Å². The molecule has 1 atom stereocenters. The molecule has 0 aliphatic carbocycles. The summed E-state index contributed by atoms with van der Waals surface area (Å²) in [6, 6.07) is 15.2. The first kappa shape index (κ1) is 17.8. The minimum absolute atomic E-state index is 0.0776. The van der Waals surface area contributed by atoms with Gasteiger partial charge in [-0.05, 0) is 30.7 Å². The quantitative estimate of drug-likeness (QED) is 0.856. The number of carbonyl (C=O) groups excluding carboxylic acids is 1. The molecule has 0 spiro atoms. The Morgan fingerprint density at radius 3 is 2.58 bits per heavy atom. The van der Waals surface area contributed by atoms with Gasteiger partial charge >= 0.3 is 6.03 Å². The van der Waals surface area contributed by atoms with E-state index >= 15 is 0 Å². The number of amides is 2. The van der Waals surface area contributed by atoms with Crippen LogP contribution in [0.25, 0.3) is 0 Å². The maximum Gasteiger partial charge on any atom is 0.321 e. The lowest BCUT2D eigenvalue weighted by molar-refractivity contribution is 0.166. The summed E-state index contributed by atoms with van der Waals surface area (Å²) in [5.74, 6) is 0.786. The van der Waals surface area contributed by atoms with Crippen molar-refractivity contribution in [1.82, 2.24) is 4.90 Å². The van der Waals surface area contributed by atoms with Gasteiger partial charge in [-0.2, -0.15) is 0 Å². The van der Waals surface area contributed by atoms with Gasteiger partial charge < -0.3 is 20.1 Å². The molecule has 0 saturated heterocycles. The molecule has 2 aromatic carbocycles. The van der Waals surface area contributed by atoms with E-state index in [4.69, 9.17) is 9.84 Å². The standard InChI is InChI=1S/C19H24N2O3/c1-14(13-22)21(2)19(23)20-17-9-10-18(24-3)16(12-17)11-15-7-5-4-6-8-15/h4-10,12,14,22H,11,13H2,1-3H3,(H,20,23). The van der Waals surface area contributed by atoms with Crippen molar-refractivity contribution in [3.8, 4) is 5.75 Å². The first-order valence-corrected chi connectivity index (χ1v) is 7.90. The Morgan fingerprint density at radius 2 is 1.96 bits per heavy atom. The highest BCUT2D eigenvalue weighted by molar-refractivity contribution is 5.89. The highest BCUT2D eigenvalue weighted by Gasteiger charge is 2.15. The van der Waals surface area contributed by atoms with Crippen LogP contribution in [0.1, 0.15) is 18.1 Å². The summed E-state index contributed by atoms with van der Waals surface area (Å²) in [4.78, 5) is 13.7. The number of hydrogen-bond donors (Lipinski definition) is 2. The van der Waals surface area contributed by atoms with Crippen molar-refractivity contribution in [2.75, 3.05) is 26.1 Å². The molecule has 128 valence electrons. The molecule has 0 heterocycles. The molecule has 5 heteroatoms. The summed E-state index contributed by atoms with van der Waals surface area (Å²) in [5.41, 5.74) is 2.87. The Labute approximate surface area is 142 Å². The third kappa shape index (κ3) is 4.49. The number of likely N-dealkylation sites (N-methyl/N-ethyl adjacent to an activating group) is 1. The SMILES string of the molecule is COc1ccc(NC(=O)N(C)C(C)CO)cc1Cc1ccccc1. The second kappa shape index (κ2) is 8.36. The summed E-state index contributed by atoms with van der Waals surface area (Å²) in [5, 5.41) is 12.0. The topological polar surface area (TPSA) is 61.8 Å². The minimum atomic E-state index is -0.257. The predicted octanol–water partition coefficient (Wildman–Crippen LogP) is 3.13. The van der Waals surface area contributed by atoms with Crippen molar-refractivity contribution in [2.24, 2.45) is 0 Å². The Kier molecular flexibility index (Phi) is 6.21. The molecular weight excluding hydrogens is 304 g/mol. The Morgan fingerprint density at radius 1 is 1.25 bits per heavy atom. The van der Waals surface area contributed by atoms with Gasteiger partial charge in [-0.3, -0.25) is 0 Å². The van der Waals surface area contributed by atoms with Crippen LogP contribution in [0.15, 0.2) is 48.5 Å². The first-order valence-electron chi connectivity index (χ1n) is 7.90. The van der Waals surface area contributed by atoms with Crippen LogP contribution in [0.2, 0.25) is 0 Å². The van der Waals surface area contributed by atoms with Crippen LogP contribution in [-0.2, 0) is 6.42 Å². The van der Waals surface area contributed by atoms with Crippen LogP contribution in [-0.4, -0.2) is 42.8 Å². The zero-order chi connectivity index (χ0) is 17.5. The van der Waals surface area contributed by atoms with Gasteiger partial charge in [-0.25, -0.2) is 4.79 Å². The number of benzene rings is 2. The van der Waals surface area contributed by atoms with E-state index in [9.17, 15) is 4.79 Å². The van der Waals surface area contributed by atoms with Gasteiger partial charge in [0.15, 0.2) is 0 Å². The molecule has 0 aliphatic heterocycles. The van der Waals surface area contributed by atoms with Gasteiger partial charge in [0.1, 0.15) is 5.75 Å². The molecular formula is C19H24N2O3. The van der Waals surface area contributed by atoms with Crippen LogP contribution < -0.4 is 10.1 Å². The number of carbonyl (C=O) groups is 1. The average molecular weight is 328 g/mol. The summed E-state index contributed by atoms with van der Waals surface area (Å²) in [6.07, 6.45) is 0.719. The molecule has 0 bridgehead atoms. The van der Waals surface area contributed by atoms with Gasteiger partial charge in [-0.1, -0.05) is 30.3 Å². The van der Waals surface area contributed by atoms with Crippen molar-refractivity contribution < 1.29 is 14.6 Å². The fraction of sp³-hybridized carbons (Fsp3) is 0.316. The molecule has 24 heavy (non-hydrogen) atoms. The number of nitrogens with zero attached hydrogens (tertiary/aromatic N) is 1. The first-order chi connectivity index (χ1) is 11.5. The lowest BCUT2D eigenvalue weighted by Gasteiger charge is -2.23. The highest BCUT2D eigenvalue weighted by atomic mass is 16.5. The lowest BCUT2D eigenvalue weighted by atomic mass is 10.0. The van der Waals surface area contributed by atoms with Crippen LogP contribution in [0.4, 0.5) is 10.5 Å². The number of ether oxygens (including phenoxy) is 1. The molecule has 2 N–H and O–H groups in total. The summed E-state index contributed by atoms with van der Waals surface area (Å²) in [6.45, 7) is 1.71. The van der Waals surface area contributed by atoms with Gasteiger partial charge in [0, 0.05) is 24.7 Å². The Bertz CT molecular complexity index is 674. The largest absolute Gasteiger partial charge is 0.496 e. The molecule has 0 aliphatic rings. The number of hydrogen-bond acceptors (Lipinski definition) is 3. The molecule has 0 radical (unpaired) electrons. The fourth-order valence-corrected chi connectivity index (χ4v) is 2.34. The Balaban J connectivity index is 2.17. The molecule has 1 unspecified atom stereocenters. The number of nitrogens with one attached hydrogen (secondary N) is 1. The van der Waals surface area contributed by atoms with E-state index in [0.717, 1.165) is 17.7 Å². The zero-order valence-corrected chi connectivity index (χ0v) is 14.3. The zero-order valence-electron chi connectivity index (χ0n) is 14.3. The maximum absolute atomic E-state index is 12.2. The molecule has 2 amide bonds. The number of rotatable bonds is 6. The van der Waals surface area contributed by atoms with E-state index in [1.165, 1.54) is 10.5 Å².